The fraction of sp³-hybridized carbons (Fsp3) is 0.250. The van der Waals surface area contributed by atoms with E-state index in [1.165, 1.54) is 37.0 Å². The Labute approximate surface area is 182 Å². The third-order valence-electron chi connectivity index (χ3n) is 4.78. The maximum atomic E-state index is 13.1. The van der Waals surface area contributed by atoms with Gasteiger partial charge in [0.2, 0.25) is 0 Å². The lowest BCUT2D eigenvalue weighted by atomic mass is 10.0. The van der Waals surface area contributed by atoms with Gasteiger partial charge in [-0.2, -0.15) is 41.4 Å². The van der Waals surface area contributed by atoms with Crippen LogP contribution in [0.15, 0.2) is 42.9 Å². The van der Waals surface area contributed by atoms with E-state index in [1.807, 2.05) is 6.07 Å². The number of alkyl halides is 6. The molecule has 0 saturated heterocycles. The van der Waals surface area contributed by atoms with Gasteiger partial charge < -0.3 is 4.90 Å². The number of hydrogen-bond donors (Lipinski definition) is 0. The summed E-state index contributed by atoms with van der Waals surface area (Å²) in [6.45, 7) is 1.47. The molecule has 1 aromatic carbocycles. The van der Waals surface area contributed by atoms with Crippen molar-refractivity contribution in [3.63, 3.8) is 0 Å². The molecule has 0 aliphatic heterocycles. The average Bonchev–Trinajstić information content (AvgIpc) is 3.26. The van der Waals surface area contributed by atoms with E-state index in [-0.39, 0.29) is 23.3 Å². The number of halogens is 6. The number of amides is 1. The van der Waals surface area contributed by atoms with Crippen LogP contribution in [0.25, 0.3) is 5.82 Å². The van der Waals surface area contributed by atoms with E-state index in [0.717, 1.165) is 11.2 Å². The standard InChI is InChI=1S/C20H14F6N6O/c1-11(17-29-10-30-32(17)16-4-3-12(8-27)9-28-16)31(2)18(33)13-5-14(19(21,22)23)7-15(6-13)20(24,25)26/h3-7,9-11H,1-2H3. The highest BCUT2D eigenvalue weighted by Crippen LogP contribution is 2.37. The highest BCUT2D eigenvalue weighted by Gasteiger charge is 2.38. The van der Waals surface area contributed by atoms with Crippen molar-refractivity contribution in [3.05, 3.63) is 70.9 Å². The molecule has 2 heterocycles. The zero-order valence-corrected chi connectivity index (χ0v) is 17.0. The summed E-state index contributed by atoms with van der Waals surface area (Å²) in [6, 6.07) is 4.60. The van der Waals surface area contributed by atoms with Crippen LogP contribution in [-0.4, -0.2) is 37.6 Å². The minimum Gasteiger partial charge on any atom is -0.332 e. The first-order chi connectivity index (χ1) is 15.3. The van der Waals surface area contributed by atoms with Crippen molar-refractivity contribution >= 4 is 5.91 Å². The highest BCUT2D eigenvalue weighted by molar-refractivity contribution is 5.94. The Morgan fingerprint density at radius 1 is 1.06 bits per heavy atom. The van der Waals surface area contributed by atoms with E-state index in [2.05, 4.69) is 15.1 Å². The molecule has 0 aliphatic carbocycles. The smallest absolute Gasteiger partial charge is 0.332 e. The van der Waals surface area contributed by atoms with Crippen molar-refractivity contribution in [3.8, 4) is 11.9 Å². The summed E-state index contributed by atoms with van der Waals surface area (Å²) in [5.74, 6) is -0.694. The molecule has 13 heteroatoms. The molecule has 0 bridgehead atoms. The van der Waals surface area contributed by atoms with Gasteiger partial charge in [0.15, 0.2) is 11.6 Å². The predicted octanol–water partition coefficient (Wildman–Crippen LogP) is 4.40. The van der Waals surface area contributed by atoms with Gasteiger partial charge in [-0.25, -0.2) is 9.97 Å². The second-order valence-corrected chi connectivity index (χ2v) is 6.93. The molecule has 3 rings (SSSR count). The van der Waals surface area contributed by atoms with Gasteiger partial charge in [-0.3, -0.25) is 4.79 Å². The van der Waals surface area contributed by atoms with E-state index in [9.17, 15) is 31.1 Å². The Morgan fingerprint density at radius 2 is 1.67 bits per heavy atom. The maximum absolute atomic E-state index is 13.1. The molecule has 1 amide bonds. The quantitative estimate of drug-likeness (QED) is 0.530. The van der Waals surface area contributed by atoms with Crippen molar-refractivity contribution in [1.29, 1.82) is 5.26 Å². The summed E-state index contributed by atoms with van der Waals surface area (Å²) in [5, 5.41) is 12.9. The lowest BCUT2D eigenvalue weighted by molar-refractivity contribution is -0.143. The van der Waals surface area contributed by atoms with Crippen molar-refractivity contribution in [2.75, 3.05) is 7.05 Å². The average molecular weight is 468 g/mol. The third-order valence-corrected chi connectivity index (χ3v) is 4.78. The van der Waals surface area contributed by atoms with Crippen molar-refractivity contribution in [2.24, 2.45) is 0 Å². The molecule has 0 fully saturated rings. The molecule has 0 radical (unpaired) electrons. The Morgan fingerprint density at radius 3 is 2.15 bits per heavy atom. The van der Waals surface area contributed by atoms with Crippen LogP contribution < -0.4 is 0 Å². The lowest BCUT2D eigenvalue weighted by Crippen LogP contribution is -2.32. The normalized spacial score (nSPS) is 12.8. The Bertz CT molecular complexity index is 1180. The van der Waals surface area contributed by atoms with Crippen LogP contribution >= 0.6 is 0 Å². The molecule has 33 heavy (non-hydrogen) atoms. The monoisotopic (exact) mass is 468 g/mol. The fourth-order valence-corrected chi connectivity index (χ4v) is 2.92. The fourth-order valence-electron chi connectivity index (χ4n) is 2.92. The van der Waals surface area contributed by atoms with Crippen LogP contribution in [0.3, 0.4) is 0 Å². The highest BCUT2D eigenvalue weighted by atomic mass is 19.4. The molecule has 0 spiro atoms. The molecule has 0 N–H and O–H groups in total. The first kappa shape index (κ1) is 23.7. The van der Waals surface area contributed by atoms with Crippen LogP contribution in [0.1, 0.15) is 45.8 Å². The largest absolute Gasteiger partial charge is 0.416 e. The molecule has 2 aromatic heterocycles. The van der Waals surface area contributed by atoms with E-state index >= 15 is 0 Å². The van der Waals surface area contributed by atoms with Gasteiger partial charge in [0.05, 0.1) is 22.7 Å². The van der Waals surface area contributed by atoms with Crippen molar-refractivity contribution in [1.82, 2.24) is 24.6 Å². The summed E-state index contributed by atoms with van der Waals surface area (Å²) >= 11 is 0. The van der Waals surface area contributed by atoms with E-state index < -0.39 is 41.0 Å². The van der Waals surface area contributed by atoms with Crippen molar-refractivity contribution < 1.29 is 31.1 Å². The number of pyridine rings is 1. The Hall–Kier alpha value is -3.95. The number of nitriles is 1. The molecule has 1 unspecified atom stereocenters. The first-order valence-electron chi connectivity index (χ1n) is 9.16. The van der Waals surface area contributed by atoms with Crippen LogP contribution in [0.4, 0.5) is 26.3 Å². The summed E-state index contributed by atoms with van der Waals surface area (Å²) < 4.78 is 80.1. The minimum atomic E-state index is -5.08. The number of carbonyl (C=O) groups is 1. The van der Waals surface area contributed by atoms with E-state index in [4.69, 9.17) is 5.26 Å². The van der Waals surface area contributed by atoms with E-state index in [1.54, 1.807) is 0 Å². The van der Waals surface area contributed by atoms with Gasteiger partial charge in [0.25, 0.3) is 5.91 Å². The number of nitrogens with zero attached hydrogens (tertiary/aromatic N) is 6. The first-order valence-corrected chi connectivity index (χ1v) is 9.16. The topological polar surface area (TPSA) is 87.7 Å². The molecule has 1 atom stereocenters. The zero-order valence-electron chi connectivity index (χ0n) is 17.0. The number of hydrogen-bond acceptors (Lipinski definition) is 5. The Balaban J connectivity index is 1.97. The van der Waals surface area contributed by atoms with Gasteiger partial charge in [0.1, 0.15) is 12.4 Å². The van der Waals surface area contributed by atoms with Crippen LogP contribution in [0, 0.1) is 11.3 Å². The molecular formula is C20H14F6N6O. The summed E-state index contributed by atoms with van der Waals surface area (Å²) in [6.07, 6.45) is -7.73. The van der Waals surface area contributed by atoms with Crippen LogP contribution in [-0.2, 0) is 12.4 Å². The molecule has 0 aliphatic rings. The molecule has 172 valence electrons. The van der Waals surface area contributed by atoms with Gasteiger partial charge in [-0.05, 0) is 37.3 Å². The molecule has 0 saturated carbocycles. The van der Waals surface area contributed by atoms with Gasteiger partial charge in [-0.1, -0.05) is 0 Å². The SMILES string of the molecule is CC(c1ncnn1-c1ccc(C#N)cn1)N(C)C(=O)c1cc(C(F)(F)F)cc(C(F)(F)F)c1. The molecule has 3 aromatic rings. The van der Waals surface area contributed by atoms with Crippen molar-refractivity contribution in [2.45, 2.75) is 25.3 Å². The van der Waals surface area contributed by atoms with Gasteiger partial charge >= 0.3 is 12.4 Å². The summed E-state index contributed by atoms with van der Waals surface area (Å²) in [5.41, 5.74) is -3.68. The number of aromatic nitrogens is 4. The minimum absolute atomic E-state index is 0.0482. The summed E-state index contributed by atoms with van der Waals surface area (Å²) in [4.78, 5) is 21.9. The van der Waals surface area contributed by atoms with Crippen LogP contribution in [0.5, 0.6) is 0 Å². The zero-order chi connectivity index (χ0) is 24.6. The van der Waals surface area contributed by atoms with Gasteiger partial charge in [0, 0.05) is 18.8 Å². The Kier molecular flexibility index (Phi) is 6.13. The maximum Gasteiger partial charge on any atom is 0.416 e. The second kappa shape index (κ2) is 8.53. The number of carbonyl (C=O) groups excluding carboxylic acids is 1. The predicted molar refractivity (Wildman–Crippen MR) is 101 cm³/mol. The van der Waals surface area contributed by atoms with E-state index in [0.29, 0.717) is 12.1 Å². The summed E-state index contributed by atoms with van der Waals surface area (Å²) in [7, 11) is 1.21. The number of rotatable bonds is 4. The molecule has 7 nitrogen and oxygen atoms in total. The van der Waals surface area contributed by atoms with Gasteiger partial charge in [-0.15, -0.1) is 0 Å². The van der Waals surface area contributed by atoms with Crippen LogP contribution in [0.2, 0.25) is 0 Å². The number of benzene rings is 1. The lowest BCUT2D eigenvalue weighted by Gasteiger charge is -2.25. The third kappa shape index (κ3) is 4.94. The molecular weight excluding hydrogens is 454 g/mol. The second-order valence-electron chi connectivity index (χ2n) is 6.93.